The number of carbonyl (C=O) groups is 1. The summed E-state index contributed by atoms with van der Waals surface area (Å²) in [6.07, 6.45) is 14.5. The molecule has 0 atom stereocenters. The van der Waals surface area contributed by atoms with Crippen molar-refractivity contribution < 1.29 is 9.90 Å². The first-order valence-corrected chi connectivity index (χ1v) is 8.05. The Bertz CT molecular complexity index is 160. The Morgan fingerprint density at radius 2 is 1.21 bits per heavy atom. The van der Waals surface area contributed by atoms with Crippen LogP contribution in [0.2, 0.25) is 0 Å². The van der Waals surface area contributed by atoms with Gasteiger partial charge in [0.25, 0.3) is 0 Å². The minimum atomic E-state index is -0.745. The van der Waals surface area contributed by atoms with Crippen molar-refractivity contribution in [2.75, 3.05) is 13.6 Å². The summed E-state index contributed by atoms with van der Waals surface area (Å²) in [5, 5.41) is 10.9. The summed E-state index contributed by atoms with van der Waals surface area (Å²) in [6, 6.07) is 0. The van der Waals surface area contributed by atoms with Crippen LogP contribution in [0.1, 0.15) is 84.5 Å². The van der Waals surface area contributed by atoms with Crippen LogP contribution in [0.15, 0.2) is 0 Å². The molecule has 0 radical (unpaired) electrons. The van der Waals surface area contributed by atoms with Crippen LogP contribution < -0.4 is 5.32 Å². The van der Waals surface area contributed by atoms with Gasteiger partial charge in [-0.1, -0.05) is 71.6 Å². The molecule has 0 aliphatic heterocycles. The lowest BCUT2D eigenvalue weighted by atomic mass is 10.1. The molecule has 0 unspecified atom stereocenters. The molecule has 116 valence electrons. The Labute approximate surface area is 120 Å². The molecule has 3 heteroatoms. The molecule has 0 heterocycles. The topological polar surface area (TPSA) is 49.3 Å². The average Bonchev–Trinajstić information content (AvgIpc) is 2.41. The van der Waals surface area contributed by atoms with Crippen molar-refractivity contribution >= 4 is 5.97 Å². The third-order valence-electron chi connectivity index (χ3n) is 3.08. The summed E-state index contributed by atoms with van der Waals surface area (Å²) in [4.78, 5) is 9.37. The van der Waals surface area contributed by atoms with Crippen LogP contribution in [0.3, 0.4) is 0 Å². The molecule has 0 aromatic rings. The van der Waals surface area contributed by atoms with Gasteiger partial charge in [-0.15, -0.1) is 0 Å². The molecular weight excluding hydrogens is 238 g/mol. The third-order valence-corrected chi connectivity index (χ3v) is 3.08. The van der Waals surface area contributed by atoms with Crippen molar-refractivity contribution in [2.45, 2.75) is 84.5 Å². The highest BCUT2D eigenvalue weighted by Gasteiger charge is 1.91. The molecule has 0 rings (SSSR count). The molecule has 0 aromatic carbocycles. The quantitative estimate of drug-likeness (QED) is 0.511. The van der Waals surface area contributed by atoms with Gasteiger partial charge in [0.2, 0.25) is 0 Å². The van der Waals surface area contributed by atoms with Crippen molar-refractivity contribution in [3.63, 3.8) is 0 Å². The van der Waals surface area contributed by atoms with Gasteiger partial charge in [0.05, 0.1) is 0 Å². The number of hydrogen-bond donors (Lipinski definition) is 2. The van der Waals surface area contributed by atoms with Gasteiger partial charge in [0.1, 0.15) is 0 Å². The Balaban J connectivity index is 0. The van der Waals surface area contributed by atoms with Crippen LogP contribution in [-0.4, -0.2) is 24.7 Å². The van der Waals surface area contributed by atoms with Crippen molar-refractivity contribution in [3.8, 4) is 0 Å². The summed E-state index contributed by atoms with van der Waals surface area (Å²) in [7, 11) is 2.04. The van der Waals surface area contributed by atoms with E-state index in [9.17, 15) is 4.79 Å². The van der Waals surface area contributed by atoms with E-state index in [1.165, 1.54) is 70.8 Å². The molecule has 0 amide bonds. The normalized spacial score (nSPS) is 9.84. The van der Waals surface area contributed by atoms with Crippen LogP contribution in [0.25, 0.3) is 0 Å². The molecule has 0 spiro atoms. The highest BCUT2D eigenvalue weighted by molar-refractivity contribution is 5.66. The Kier molecular flexibility index (Phi) is 21.6. The molecule has 0 saturated carbocycles. The zero-order valence-electron chi connectivity index (χ0n) is 13.3. The lowest BCUT2D eigenvalue weighted by Gasteiger charge is -2.01. The Morgan fingerprint density at radius 3 is 1.53 bits per heavy atom. The van der Waals surface area contributed by atoms with E-state index in [0.717, 1.165) is 0 Å². The fourth-order valence-electron chi connectivity index (χ4n) is 1.79. The first-order chi connectivity index (χ1) is 9.18. The van der Waals surface area contributed by atoms with Crippen LogP contribution in [0.5, 0.6) is 0 Å². The van der Waals surface area contributed by atoms with E-state index in [1.54, 1.807) is 6.92 Å². The minimum Gasteiger partial charge on any atom is -0.481 e. The van der Waals surface area contributed by atoms with Gasteiger partial charge < -0.3 is 10.4 Å². The van der Waals surface area contributed by atoms with E-state index in [1.807, 2.05) is 7.05 Å². The predicted octanol–water partition coefficient (Wildman–Crippen LogP) is 4.61. The molecule has 19 heavy (non-hydrogen) atoms. The number of unbranched alkanes of at least 4 members (excludes halogenated alkanes) is 9. The van der Waals surface area contributed by atoms with Gasteiger partial charge in [0, 0.05) is 6.42 Å². The predicted molar refractivity (Wildman–Crippen MR) is 83.7 cm³/mol. The summed E-state index contributed by atoms with van der Waals surface area (Å²) < 4.78 is 0. The smallest absolute Gasteiger partial charge is 0.303 e. The number of carboxylic acid groups (broad SMARTS) is 1. The van der Waals surface area contributed by atoms with Gasteiger partial charge in [-0.3, -0.25) is 4.79 Å². The van der Waals surface area contributed by atoms with Crippen molar-refractivity contribution in [3.05, 3.63) is 0 Å². The van der Waals surface area contributed by atoms with E-state index in [2.05, 4.69) is 12.2 Å². The summed E-state index contributed by atoms with van der Waals surface area (Å²) in [6.45, 7) is 5.07. The lowest BCUT2D eigenvalue weighted by molar-refractivity contribution is -0.136. The first kappa shape index (κ1) is 20.7. The van der Waals surface area contributed by atoms with E-state index >= 15 is 0 Å². The van der Waals surface area contributed by atoms with Crippen LogP contribution >= 0.6 is 0 Å². The molecule has 0 aliphatic carbocycles. The molecule has 0 aromatic heterocycles. The van der Waals surface area contributed by atoms with Gasteiger partial charge in [-0.25, -0.2) is 0 Å². The molecule has 3 nitrogen and oxygen atoms in total. The summed E-state index contributed by atoms with van der Waals surface area (Å²) in [5.41, 5.74) is 0. The number of hydrogen-bond acceptors (Lipinski definition) is 2. The fourth-order valence-corrected chi connectivity index (χ4v) is 1.79. The zero-order valence-corrected chi connectivity index (χ0v) is 13.3. The number of carboxylic acids is 1. The van der Waals surface area contributed by atoms with Gasteiger partial charge in [-0.05, 0) is 20.0 Å². The Morgan fingerprint density at radius 1 is 0.842 bits per heavy atom. The van der Waals surface area contributed by atoms with Gasteiger partial charge >= 0.3 is 5.97 Å². The highest BCUT2D eigenvalue weighted by atomic mass is 16.4. The molecule has 0 saturated heterocycles. The molecule has 0 aliphatic rings. The average molecular weight is 273 g/mol. The maximum Gasteiger partial charge on any atom is 0.303 e. The van der Waals surface area contributed by atoms with Crippen molar-refractivity contribution in [1.29, 1.82) is 0 Å². The van der Waals surface area contributed by atoms with Crippen molar-refractivity contribution in [2.24, 2.45) is 0 Å². The van der Waals surface area contributed by atoms with E-state index in [4.69, 9.17) is 5.11 Å². The minimum absolute atomic E-state index is 0.222. The zero-order chi connectivity index (χ0) is 14.8. The third kappa shape index (κ3) is 26.9. The second kappa shape index (κ2) is 19.8. The second-order valence-corrected chi connectivity index (χ2v) is 5.03. The lowest BCUT2D eigenvalue weighted by Crippen LogP contribution is -2.06. The summed E-state index contributed by atoms with van der Waals surface area (Å²) in [5.74, 6) is -0.745. The van der Waals surface area contributed by atoms with E-state index in [-0.39, 0.29) is 6.42 Å². The van der Waals surface area contributed by atoms with E-state index < -0.39 is 5.97 Å². The highest BCUT2D eigenvalue weighted by Crippen LogP contribution is 2.09. The first-order valence-electron chi connectivity index (χ1n) is 8.05. The fraction of sp³-hybridized carbons (Fsp3) is 0.938. The van der Waals surface area contributed by atoms with Crippen LogP contribution in [0.4, 0.5) is 0 Å². The standard InChI is InChI=1S/C13H29N.C3H6O2/c1-3-4-5-6-7-8-9-10-11-12-13-14-2;1-2-3(4)5/h14H,3-13H2,1-2H3;2H2,1H3,(H,4,5). The molecule has 0 fully saturated rings. The molecular formula is C16H35NO2. The summed E-state index contributed by atoms with van der Waals surface area (Å²) >= 11 is 0. The van der Waals surface area contributed by atoms with Gasteiger partial charge in [-0.2, -0.15) is 0 Å². The Hall–Kier alpha value is -0.570. The molecule has 2 N–H and O–H groups in total. The number of nitrogens with one attached hydrogen (secondary N) is 1. The van der Waals surface area contributed by atoms with Crippen molar-refractivity contribution in [1.82, 2.24) is 5.32 Å². The van der Waals surface area contributed by atoms with E-state index in [0.29, 0.717) is 0 Å². The largest absolute Gasteiger partial charge is 0.481 e. The van der Waals surface area contributed by atoms with Gasteiger partial charge in [0.15, 0.2) is 0 Å². The SMILES string of the molecule is CCC(=O)O.CCCCCCCCCCCCNC. The monoisotopic (exact) mass is 273 g/mol. The number of rotatable bonds is 12. The van der Waals surface area contributed by atoms with Crippen LogP contribution in [0, 0.1) is 0 Å². The van der Waals surface area contributed by atoms with Crippen LogP contribution in [-0.2, 0) is 4.79 Å². The molecule has 0 bridgehead atoms. The maximum atomic E-state index is 9.37. The second-order valence-electron chi connectivity index (χ2n) is 5.03. The number of aliphatic carboxylic acids is 1. The maximum absolute atomic E-state index is 9.37.